The van der Waals surface area contributed by atoms with E-state index in [1.165, 1.54) is 7.11 Å². The molecule has 0 aliphatic rings. The van der Waals surface area contributed by atoms with Crippen LogP contribution >= 0.6 is 0 Å². The first-order chi connectivity index (χ1) is 9.58. The monoisotopic (exact) mass is 277 g/mol. The first-order valence-corrected chi connectivity index (χ1v) is 6.54. The van der Waals surface area contributed by atoms with Crippen LogP contribution in [0.15, 0.2) is 30.3 Å². The minimum Gasteiger partial charge on any atom is -0.467 e. The maximum absolute atomic E-state index is 11.8. The number of esters is 1. The molecule has 1 amide bonds. The van der Waals surface area contributed by atoms with Gasteiger partial charge in [-0.15, -0.1) is 0 Å². The molecule has 1 N–H and O–H groups in total. The molecule has 1 aromatic carbocycles. The zero-order valence-corrected chi connectivity index (χ0v) is 11.7. The minimum absolute atomic E-state index is 0.0568. The summed E-state index contributed by atoms with van der Waals surface area (Å²) in [4.78, 5) is 34.9. The normalized spacial score (nSPS) is 11.5. The highest BCUT2D eigenvalue weighted by Gasteiger charge is 2.19. The first-order valence-electron chi connectivity index (χ1n) is 6.54. The number of methoxy groups -OCH3 is 1. The average Bonchev–Trinajstić information content (AvgIpc) is 2.50. The Kier molecular flexibility index (Phi) is 6.43. The van der Waals surface area contributed by atoms with Crippen LogP contribution in [0, 0.1) is 0 Å². The second-order valence-corrected chi connectivity index (χ2v) is 4.34. The fraction of sp³-hybridized carbons (Fsp3) is 0.400. The van der Waals surface area contributed by atoms with Crippen LogP contribution in [0.4, 0.5) is 0 Å². The average molecular weight is 277 g/mol. The number of amides is 1. The van der Waals surface area contributed by atoms with E-state index < -0.39 is 12.0 Å². The molecule has 1 atom stereocenters. The molecule has 5 nitrogen and oxygen atoms in total. The molecule has 0 aliphatic heterocycles. The number of ether oxygens (including phenoxy) is 1. The standard InChI is InChI=1S/C15H19NO4/c1-3-12(15(19)20-2)16-14(18)10-9-13(17)11-7-5-4-6-8-11/h4-8,12H,3,9-10H2,1-2H3,(H,16,18). The zero-order chi connectivity index (χ0) is 15.0. The molecule has 20 heavy (non-hydrogen) atoms. The lowest BCUT2D eigenvalue weighted by molar-refractivity contribution is -0.145. The van der Waals surface area contributed by atoms with Crippen molar-refractivity contribution in [1.82, 2.24) is 5.32 Å². The molecule has 1 aromatic rings. The Morgan fingerprint density at radius 1 is 1.15 bits per heavy atom. The molecule has 0 aliphatic carbocycles. The number of nitrogens with one attached hydrogen (secondary N) is 1. The van der Waals surface area contributed by atoms with Gasteiger partial charge in [0.25, 0.3) is 0 Å². The summed E-state index contributed by atoms with van der Waals surface area (Å²) in [6.45, 7) is 1.77. The quantitative estimate of drug-likeness (QED) is 0.608. The Hall–Kier alpha value is -2.17. The fourth-order valence-corrected chi connectivity index (χ4v) is 1.73. The summed E-state index contributed by atoms with van der Waals surface area (Å²) in [7, 11) is 1.27. The third-order valence-electron chi connectivity index (χ3n) is 2.90. The number of carbonyl (C=O) groups excluding carboxylic acids is 3. The van der Waals surface area contributed by atoms with E-state index in [9.17, 15) is 14.4 Å². The highest BCUT2D eigenvalue weighted by Crippen LogP contribution is 2.05. The lowest BCUT2D eigenvalue weighted by Crippen LogP contribution is -2.41. The molecule has 0 aromatic heterocycles. The molecule has 0 spiro atoms. The largest absolute Gasteiger partial charge is 0.467 e. The van der Waals surface area contributed by atoms with Crippen LogP contribution in [-0.2, 0) is 14.3 Å². The molecule has 0 radical (unpaired) electrons. The summed E-state index contributed by atoms with van der Waals surface area (Å²) < 4.78 is 4.58. The molecule has 1 rings (SSSR count). The number of Topliss-reactive ketones (excluding diaryl/α,β-unsaturated/α-hetero) is 1. The Labute approximate surface area is 118 Å². The minimum atomic E-state index is -0.653. The number of benzene rings is 1. The van der Waals surface area contributed by atoms with Crippen molar-refractivity contribution in [2.45, 2.75) is 32.2 Å². The lowest BCUT2D eigenvalue weighted by atomic mass is 10.1. The van der Waals surface area contributed by atoms with Crippen molar-refractivity contribution in [1.29, 1.82) is 0 Å². The third-order valence-corrected chi connectivity index (χ3v) is 2.90. The molecular weight excluding hydrogens is 258 g/mol. The Morgan fingerprint density at radius 2 is 1.80 bits per heavy atom. The molecule has 0 heterocycles. The summed E-state index contributed by atoms with van der Waals surface area (Å²) in [5.74, 6) is -0.895. The van der Waals surface area contributed by atoms with Crippen LogP contribution in [0.2, 0.25) is 0 Å². The van der Waals surface area contributed by atoms with Gasteiger partial charge in [-0.1, -0.05) is 37.3 Å². The van der Waals surface area contributed by atoms with Crippen molar-refractivity contribution >= 4 is 17.7 Å². The van der Waals surface area contributed by atoms with Gasteiger partial charge >= 0.3 is 5.97 Å². The smallest absolute Gasteiger partial charge is 0.328 e. The van der Waals surface area contributed by atoms with Crippen LogP contribution in [0.1, 0.15) is 36.5 Å². The van der Waals surface area contributed by atoms with Crippen molar-refractivity contribution in [3.05, 3.63) is 35.9 Å². The van der Waals surface area contributed by atoms with Gasteiger partial charge < -0.3 is 10.1 Å². The Bertz CT molecular complexity index is 470. The molecule has 5 heteroatoms. The van der Waals surface area contributed by atoms with E-state index in [-0.39, 0.29) is 24.5 Å². The molecule has 0 bridgehead atoms. The van der Waals surface area contributed by atoms with Gasteiger partial charge in [0.1, 0.15) is 6.04 Å². The predicted octanol–water partition coefficient (Wildman–Crippen LogP) is 1.72. The fourth-order valence-electron chi connectivity index (χ4n) is 1.73. The second kappa shape index (κ2) is 8.09. The summed E-state index contributed by atoms with van der Waals surface area (Å²) in [5.41, 5.74) is 0.584. The number of hydrogen-bond donors (Lipinski definition) is 1. The van der Waals surface area contributed by atoms with Crippen LogP contribution in [-0.4, -0.2) is 30.8 Å². The summed E-state index contributed by atoms with van der Waals surface area (Å²) in [6.07, 6.45) is 0.625. The number of ketones is 1. The van der Waals surface area contributed by atoms with E-state index in [0.717, 1.165) is 0 Å². The van der Waals surface area contributed by atoms with Gasteiger partial charge in [-0.2, -0.15) is 0 Å². The van der Waals surface area contributed by atoms with Crippen molar-refractivity contribution in [3.8, 4) is 0 Å². The van der Waals surface area contributed by atoms with E-state index in [0.29, 0.717) is 12.0 Å². The molecule has 0 saturated carbocycles. The number of rotatable bonds is 7. The van der Waals surface area contributed by atoms with E-state index >= 15 is 0 Å². The highest BCUT2D eigenvalue weighted by atomic mass is 16.5. The van der Waals surface area contributed by atoms with Crippen LogP contribution in [0.25, 0.3) is 0 Å². The van der Waals surface area contributed by atoms with E-state index in [2.05, 4.69) is 10.1 Å². The maximum Gasteiger partial charge on any atom is 0.328 e. The molecule has 1 unspecified atom stereocenters. The van der Waals surface area contributed by atoms with Gasteiger partial charge in [0.15, 0.2) is 5.78 Å². The van der Waals surface area contributed by atoms with Gasteiger partial charge in [0, 0.05) is 18.4 Å². The van der Waals surface area contributed by atoms with Crippen LogP contribution in [0.3, 0.4) is 0 Å². The Balaban J connectivity index is 2.43. The SMILES string of the molecule is CCC(NC(=O)CCC(=O)c1ccccc1)C(=O)OC. The van der Waals surface area contributed by atoms with Gasteiger partial charge in [0.2, 0.25) is 5.91 Å². The highest BCUT2D eigenvalue weighted by molar-refractivity contribution is 5.98. The topological polar surface area (TPSA) is 72.5 Å². The van der Waals surface area contributed by atoms with Gasteiger partial charge in [0.05, 0.1) is 7.11 Å². The predicted molar refractivity (Wildman–Crippen MR) is 74.2 cm³/mol. The first kappa shape index (κ1) is 15.9. The zero-order valence-electron chi connectivity index (χ0n) is 11.7. The molecule has 0 saturated heterocycles. The second-order valence-electron chi connectivity index (χ2n) is 4.34. The van der Waals surface area contributed by atoms with Gasteiger partial charge in [-0.05, 0) is 6.42 Å². The van der Waals surface area contributed by atoms with E-state index in [4.69, 9.17) is 0 Å². The maximum atomic E-state index is 11.8. The number of hydrogen-bond acceptors (Lipinski definition) is 4. The van der Waals surface area contributed by atoms with Crippen molar-refractivity contribution < 1.29 is 19.1 Å². The van der Waals surface area contributed by atoms with Crippen molar-refractivity contribution in [2.75, 3.05) is 7.11 Å². The molecule has 0 fully saturated rings. The third kappa shape index (κ3) is 4.84. The van der Waals surface area contributed by atoms with Crippen LogP contribution in [0.5, 0.6) is 0 Å². The van der Waals surface area contributed by atoms with Crippen molar-refractivity contribution in [3.63, 3.8) is 0 Å². The lowest BCUT2D eigenvalue weighted by Gasteiger charge is -2.14. The summed E-state index contributed by atoms with van der Waals surface area (Å²) >= 11 is 0. The van der Waals surface area contributed by atoms with Crippen LogP contribution < -0.4 is 5.32 Å². The van der Waals surface area contributed by atoms with Gasteiger partial charge in [-0.3, -0.25) is 9.59 Å². The van der Waals surface area contributed by atoms with E-state index in [1.807, 2.05) is 6.07 Å². The molecular formula is C15H19NO4. The van der Waals surface area contributed by atoms with Crippen molar-refractivity contribution in [2.24, 2.45) is 0 Å². The Morgan fingerprint density at radius 3 is 2.35 bits per heavy atom. The van der Waals surface area contributed by atoms with E-state index in [1.54, 1.807) is 31.2 Å². The summed E-state index contributed by atoms with van der Waals surface area (Å²) in [6, 6.07) is 8.15. The number of carbonyl (C=O) groups is 3. The van der Waals surface area contributed by atoms with Gasteiger partial charge in [-0.25, -0.2) is 4.79 Å². The molecule has 108 valence electrons. The summed E-state index contributed by atoms with van der Waals surface area (Å²) in [5, 5.41) is 2.56.